The fraction of sp³-hybridized carbons (Fsp3) is 0.455. The van der Waals surface area contributed by atoms with Crippen LogP contribution in [0.25, 0.3) is 0 Å². The van der Waals surface area contributed by atoms with Gasteiger partial charge in [0.15, 0.2) is 0 Å². The van der Waals surface area contributed by atoms with Crippen LogP contribution in [-0.4, -0.2) is 66.0 Å². The number of amides is 1. The van der Waals surface area contributed by atoms with Crippen LogP contribution in [0.5, 0.6) is 0 Å². The number of carbonyl (C=O) groups is 1. The fourth-order valence-electron chi connectivity index (χ4n) is 5.49. The number of aromatic nitrogens is 1. The summed E-state index contributed by atoms with van der Waals surface area (Å²) in [5.41, 5.74) is 0.112. The molecule has 3 atom stereocenters. The molecule has 158 valence electrons. The van der Waals surface area contributed by atoms with Crippen LogP contribution >= 0.6 is 0 Å². The summed E-state index contributed by atoms with van der Waals surface area (Å²) in [5.74, 6) is -0.103. The summed E-state index contributed by atoms with van der Waals surface area (Å²) < 4.78 is 38.4. The Bertz CT molecular complexity index is 916. The molecule has 4 fully saturated rings. The summed E-state index contributed by atoms with van der Waals surface area (Å²) in [5, 5.41) is 3.19. The van der Waals surface area contributed by atoms with E-state index in [0.29, 0.717) is 0 Å². The van der Waals surface area contributed by atoms with Crippen molar-refractivity contribution in [2.24, 2.45) is 5.92 Å². The van der Waals surface area contributed by atoms with Gasteiger partial charge in [-0.05, 0) is 17.7 Å². The molecule has 0 spiro atoms. The monoisotopic (exact) mass is 416 g/mol. The molecule has 4 aliphatic heterocycles. The summed E-state index contributed by atoms with van der Waals surface area (Å²) in [4.78, 5) is 21.4. The number of benzene rings is 1. The molecule has 30 heavy (non-hydrogen) atoms. The third-order valence-corrected chi connectivity index (χ3v) is 6.75. The fourth-order valence-corrected chi connectivity index (χ4v) is 5.49. The molecule has 8 heteroatoms. The van der Waals surface area contributed by atoms with Crippen molar-refractivity contribution in [2.45, 2.75) is 17.6 Å². The normalized spacial score (nSPS) is 32.6. The zero-order chi connectivity index (χ0) is 20.9. The van der Waals surface area contributed by atoms with Gasteiger partial charge in [0, 0.05) is 62.8 Å². The number of fused-ring (bicyclic) bond motifs is 1. The SMILES string of the molecule is O=C(N[C@H]1C2CN3CCN(C2)CC1(c1ccccc1)C3)c1ccc(C(F)(F)F)nc1. The van der Waals surface area contributed by atoms with Gasteiger partial charge >= 0.3 is 6.18 Å². The molecule has 1 aromatic carbocycles. The van der Waals surface area contributed by atoms with E-state index in [1.54, 1.807) is 0 Å². The summed E-state index contributed by atoms with van der Waals surface area (Å²) in [6.07, 6.45) is -3.50. The van der Waals surface area contributed by atoms with Crippen LogP contribution in [0, 0.1) is 5.92 Å². The molecule has 1 aromatic heterocycles. The number of hydrogen-bond donors (Lipinski definition) is 1. The summed E-state index contributed by atoms with van der Waals surface area (Å²) in [6.45, 7) is 5.60. The first-order chi connectivity index (χ1) is 14.3. The maximum Gasteiger partial charge on any atom is 0.433 e. The number of halogens is 3. The quantitative estimate of drug-likeness (QED) is 0.835. The van der Waals surface area contributed by atoms with E-state index in [9.17, 15) is 18.0 Å². The van der Waals surface area contributed by atoms with Crippen LogP contribution in [0.3, 0.4) is 0 Å². The minimum atomic E-state index is -4.52. The van der Waals surface area contributed by atoms with Gasteiger partial charge in [0.25, 0.3) is 5.91 Å². The van der Waals surface area contributed by atoms with Crippen LogP contribution in [0.4, 0.5) is 13.2 Å². The Balaban J connectivity index is 1.46. The second kappa shape index (κ2) is 7.06. The zero-order valence-corrected chi connectivity index (χ0v) is 16.4. The lowest BCUT2D eigenvalue weighted by Crippen LogP contribution is -2.70. The minimum Gasteiger partial charge on any atom is -0.348 e. The number of carbonyl (C=O) groups excluding carboxylic acids is 1. The first kappa shape index (κ1) is 19.5. The average molecular weight is 416 g/mol. The Morgan fingerprint density at radius 3 is 2.27 bits per heavy atom. The lowest BCUT2D eigenvalue weighted by Gasteiger charge is -2.55. The van der Waals surface area contributed by atoms with E-state index in [2.05, 4.69) is 32.2 Å². The first-order valence-electron chi connectivity index (χ1n) is 10.2. The van der Waals surface area contributed by atoms with Crippen molar-refractivity contribution in [3.05, 3.63) is 65.5 Å². The smallest absolute Gasteiger partial charge is 0.348 e. The number of nitrogens with zero attached hydrogens (tertiary/aromatic N) is 3. The van der Waals surface area contributed by atoms with E-state index >= 15 is 0 Å². The van der Waals surface area contributed by atoms with Gasteiger partial charge in [-0.15, -0.1) is 0 Å². The van der Waals surface area contributed by atoms with Gasteiger partial charge in [0.2, 0.25) is 0 Å². The zero-order valence-electron chi connectivity index (χ0n) is 16.4. The van der Waals surface area contributed by atoms with Crippen LogP contribution < -0.4 is 5.32 Å². The molecule has 4 aliphatic rings. The number of hydrogen-bond acceptors (Lipinski definition) is 4. The van der Waals surface area contributed by atoms with Crippen LogP contribution in [-0.2, 0) is 11.6 Å². The molecule has 0 saturated carbocycles. The van der Waals surface area contributed by atoms with Gasteiger partial charge in [-0.1, -0.05) is 30.3 Å². The van der Waals surface area contributed by atoms with E-state index in [1.165, 1.54) is 11.6 Å². The van der Waals surface area contributed by atoms with Crippen molar-refractivity contribution < 1.29 is 18.0 Å². The van der Waals surface area contributed by atoms with E-state index in [1.807, 2.05) is 18.2 Å². The third kappa shape index (κ3) is 3.28. The summed E-state index contributed by atoms with van der Waals surface area (Å²) in [6, 6.07) is 12.3. The van der Waals surface area contributed by atoms with Crippen LogP contribution in [0.2, 0.25) is 0 Å². The first-order valence-corrected chi connectivity index (χ1v) is 10.2. The van der Waals surface area contributed by atoms with Gasteiger partial charge in [-0.3, -0.25) is 9.78 Å². The molecular weight excluding hydrogens is 393 g/mol. The van der Waals surface area contributed by atoms with E-state index in [4.69, 9.17) is 0 Å². The molecule has 2 unspecified atom stereocenters. The van der Waals surface area contributed by atoms with Gasteiger partial charge in [-0.2, -0.15) is 13.2 Å². The molecule has 4 saturated heterocycles. The summed E-state index contributed by atoms with van der Waals surface area (Å²) in [7, 11) is 0. The molecule has 5 heterocycles. The van der Waals surface area contributed by atoms with Gasteiger partial charge in [0.05, 0.1) is 5.56 Å². The van der Waals surface area contributed by atoms with Gasteiger partial charge in [0.1, 0.15) is 5.69 Å². The molecule has 4 bridgehead atoms. The standard InChI is InChI=1S/C22H23F3N4O/c23-22(24,25)18-7-6-15(10-26-18)20(30)27-19-16-11-28-8-9-29(12-16)14-21(19,13-28)17-4-2-1-3-5-17/h1-7,10,16,19H,8-9,11-14H2,(H,27,30)/t16?,19-,21?/m0/s1. The van der Waals surface area contributed by atoms with E-state index in [0.717, 1.165) is 51.5 Å². The van der Waals surface area contributed by atoms with E-state index in [-0.39, 0.29) is 28.8 Å². The Morgan fingerprint density at radius 1 is 1.03 bits per heavy atom. The average Bonchev–Trinajstić information content (AvgIpc) is 2.99. The highest BCUT2D eigenvalue weighted by molar-refractivity contribution is 5.94. The number of alkyl halides is 3. The Labute approximate surface area is 172 Å². The molecule has 0 radical (unpaired) electrons. The molecular formula is C22H23F3N4O. The van der Waals surface area contributed by atoms with Gasteiger partial charge < -0.3 is 15.1 Å². The maximum absolute atomic E-state index is 13.0. The van der Waals surface area contributed by atoms with E-state index < -0.39 is 11.9 Å². The number of piperidine rings is 2. The topological polar surface area (TPSA) is 48.5 Å². The highest BCUT2D eigenvalue weighted by Gasteiger charge is 2.55. The lowest BCUT2D eigenvalue weighted by atomic mass is 9.64. The third-order valence-electron chi connectivity index (χ3n) is 6.75. The van der Waals surface area contributed by atoms with Crippen LogP contribution in [0.1, 0.15) is 21.6 Å². The minimum absolute atomic E-state index is 0.0831. The molecule has 1 amide bonds. The number of pyridine rings is 1. The van der Waals surface area contributed by atoms with Crippen molar-refractivity contribution in [3.63, 3.8) is 0 Å². The predicted octanol–water partition coefficient (Wildman–Crippen LogP) is 2.40. The number of rotatable bonds is 3. The molecule has 0 aliphatic carbocycles. The Kier molecular flexibility index (Phi) is 4.59. The van der Waals surface area contributed by atoms with Gasteiger partial charge in [-0.25, -0.2) is 0 Å². The molecule has 2 aromatic rings. The number of nitrogens with one attached hydrogen (secondary N) is 1. The predicted molar refractivity (Wildman–Crippen MR) is 105 cm³/mol. The Hall–Kier alpha value is -2.45. The van der Waals surface area contributed by atoms with Crippen molar-refractivity contribution in [2.75, 3.05) is 39.3 Å². The highest BCUT2D eigenvalue weighted by atomic mass is 19.4. The second-order valence-corrected chi connectivity index (χ2v) is 8.63. The van der Waals surface area contributed by atoms with Crippen LogP contribution in [0.15, 0.2) is 48.7 Å². The largest absolute Gasteiger partial charge is 0.433 e. The molecule has 5 nitrogen and oxygen atoms in total. The van der Waals surface area contributed by atoms with Crippen molar-refractivity contribution in [3.8, 4) is 0 Å². The molecule has 1 N–H and O–H groups in total. The van der Waals surface area contributed by atoms with Crippen molar-refractivity contribution in [1.29, 1.82) is 0 Å². The molecule has 6 rings (SSSR count). The lowest BCUT2D eigenvalue weighted by molar-refractivity contribution is -0.141. The van der Waals surface area contributed by atoms with Crippen molar-refractivity contribution in [1.82, 2.24) is 20.1 Å². The maximum atomic E-state index is 13.0. The highest BCUT2D eigenvalue weighted by Crippen LogP contribution is 2.43. The summed E-state index contributed by atoms with van der Waals surface area (Å²) >= 11 is 0. The van der Waals surface area contributed by atoms with Crippen molar-refractivity contribution >= 4 is 5.91 Å². The Morgan fingerprint density at radius 2 is 1.70 bits per heavy atom. The second-order valence-electron chi connectivity index (χ2n) is 8.63.